The van der Waals surface area contributed by atoms with Gasteiger partial charge >= 0.3 is 0 Å². The standard InChI is InChI=1S/C20H20N4O2/c25-18-9-5-4-8-15(18)20(26)21-19-16-12-24(13-17(16)22-23-19)11-10-14-6-2-1-3-7-14/h1-9,25H,10-13H2,(H2,21,22,23,26). The van der Waals surface area contributed by atoms with Crippen LogP contribution in [0.3, 0.4) is 0 Å². The van der Waals surface area contributed by atoms with E-state index < -0.39 is 0 Å². The van der Waals surface area contributed by atoms with E-state index in [0.717, 1.165) is 37.3 Å². The number of phenolic OH excluding ortho intramolecular Hbond substituents is 1. The SMILES string of the molecule is O=C(Nc1n[nH]c2c1CN(CCc1ccccc1)C2)c1ccccc1O. The molecule has 1 aliphatic heterocycles. The molecule has 2 aromatic carbocycles. The zero-order valence-corrected chi connectivity index (χ0v) is 14.3. The summed E-state index contributed by atoms with van der Waals surface area (Å²) in [5, 5.41) is 19.9. The molecule has 1 amide bonds. The molecule has 1 aromatic heterocycles. The molecule has 1 aliphatic rings. The van der Waals surface area contributed by atoms with Crippen LogP contribution in [-0.4, -0.2) is 32.7 Å². The van der Waals surface area contributed by atoms with Crippen LogP contribution in [0.25, 0.3) is 0 Å². The molecule has 6 nitrogen and oxygen atoms in total. The number of para-hydroxylation sites is 1. The summed E-state index contributed by atoms with van der Waals surface area (Å²) in [6.07, 6.45) is 0.984. The highest BCUT2D eigenvalue weighted by atomic mass is 16.3. The first kappa shape index (κ1) is 16.4. The van der Waals surface area contributed by atoms with Crippen molar-refractivity contribution in [3.05, 3.63) is 77.0 Å². The Morgan fingerprint density at radius 1 is 1.12 bits per heavy atom. The van der Waals surface area contributed by atoms with Crippen LogP contribution in [0.15, 0.2) is 54.6 Å². The number of hydrogen-bond acceptors (Lipinski definition) is 4. The van der Waals surface area contributed by atoms with Crippen molar-refractivity contribution in [1.29, 1.82) is 0 Å². The second kappa shape index (κ2) is 7.01. The Labute approximate surface area is 151 Å². The maximum Gasteiger partial charge on any atom is 0.260 e. The van der Waals surface area contributed by atoms with Crippen molar-refractivity contribution in [3.63, 3.8) is 0 Å². The molecule has 3 aromatic rings. The number of nitrogens with one attached hydrogen (secondary N) is 2. The van der Waals surface area contributed by atoms with Crippen molar-refractivity contribution in [2.45, 2.75) is 19.5 Å². The van der Waals surface area contributed by atoms with Gasteiger partial charge in [-0.1, -0.05) is 42.5 Å². The molecule has 0 saturated carbocycles. The van der Waals surface area contributed by atoms with Crippen LogP contribution >= 0.6 is 0 Å². The van der Waals surface area contributed by atoms with Gasteiger partial charge in [-0.05, 0) is 24.1 Å². The summed E-state index contributed by atoms with van der Waals surface area (Å²) in [7, 11) is 0. The minimum atomic E-state index is -0.361. The van der Waals surface area contributed by atoms with Gasteiger partial charge in [0.05, 0.1) is 11.3 Å². The molecule has 0 bridgehead atoms. The van der Waals surface area contributed by atoms with Crippen molar-refractivity contribution in [2.24, 2.45) is 0 Å². The molecule has 0 spiro atoms. The van der Waals surface area contributed by atoms with Gasteiger partial charge in [-0.15, -0.1) is 0 Å². The first-order chi connectivity index (χ1) is 12.7. The Morgan fingerprint density at radius 2 is 1.88 bits per heavy atom. The smallest absolute Gasteiger partial charge is 0.260 e. The van der Waals surface area contributed by atoms with Crippen molar-refractivity contribution < 1.29 is 9.90 Å². The quantitative estimate of drug-likeness (QED) is 0.662. The molecule has 0 unspecified atom stereocenters. The number of aromatic hydroxyl groups is 1. The van der Waals surface area contributed by atoms with E-state index in [9.17, 15) is 9.90 Å². The summed E-state index contributed by atoms with van der Waals surface area (Å²) < 4.78 is 0. The maximum absolute atomic E-state index is 12.4. The van der Waals surface area contributed by atoms with Gasteiger partial charge in [0.2, 0.25) is 0 Å². The number of rotatable bonds is 5. The lowest BCUT2D eigenvalue weighted by atomic mass is 10.1. The second-order valence-electron chi connectivity index (χ2n) is 6.45. The molecule has 0 radical (unpaired) electrons. The topological polar surface area (TPSA) is 81.2 Å². The first-order valence-corrected chi connectivity index (χ1v) is 8.62. The number of carbonyl (C=O) groups is 1. The molecular weight excluding hydrogens is 328 g/mol. The van der Waals surface area contributed by atoms with Crippen LogP contribution in [0.2, 0.25) is 0 Å². The summed E-state index contributed by atoms with van der Waals surface area (Å²) in [5.41, 5.74) is 3.60. The molecule has 4 rings (SSSR count). The number of hydrogen-bond donors (Lipinski definition) is 3. The van der Waals surface area contributed by atoms with Gasteiger partial charge in [0.15, 0.2) is 5.82 Å². The van der Waals surface area contributed by atoms with Crippen molar-refractivity contribution in [3.8, 4) is 5.75 Å². The van der Waals surface area contributed by atoms with Gasteiger partial charge in [0, 0.05) is 25.2 Å². The van der Waals surface area contributed by atoms with Crippen LogP contribution in [0, 0.1) is 0 Å². The minimum absolute atomic E-state index is 0.0401. The molecule has 3 N–H and O–H groups in total. The average Bonchev–Trinajstić information content (AvgIpc) is 3.23. The molecule has 0 aliphatic carbocycles. The number of H-pyrrole nitrogens is 1. The van der Waals surface area contributed by atoms with E-state index >= 15 is 0 Å². The van der Waals surface area contributed by atoms with E-state index in [4.69, 9.17) is 0 Å². The molecule has 26 heavy (non-hydrogen) atoms. The fraction of sp³-hybridized carbons (Fsp3) is 0.200. The third-order valence-corrected chi connectivity index (χ3v) is 4.66. The lowest BCUT2D eigenvalue weighted by Gasteiger charge is -2.15. The number of anilines is 1. The van der Waals surface area contributed by atoms with Crippen LogP contribution in [0.5, 0.6) is 5.75 Å². The predicted molar refractivity (Wildman–Crippen MR) is 98.9 cm³/mol. The molecule has 0 fully saturated rings. The van der Waals surface area contributed by atoms with E-state index in [1.165, 1.54) is 11.6 Å². The molecule has 132 valence electrons. The van der Waals surface area contributed by atoms with Gasteiger partial charge in [-0.3, -0.25) is 14.8 Å². The Hall–Kier alpha value is -3.12. The fourth-order valence-electron chi connectivity index (χ4n) is 3.24. The predicted octanol–water partition coefficient (Wildman–Crippen LogP) is 2.93. The number of fused-ring (bicyclic) bond motifs is 1. The van der Waals surface area contributed by atoms with E-state index in [2.05, 4.69) is 44.7 Å². The second-order valence-corrected chi connectivity index (χ2v) is 6.45. The lowest BCUT2D eigenvalue weighted by molar-refractivity contribution is 0.102. The van der Waals surface area contributed by atoms with E-state index in [-0.39, 0.29) is 17.2 Å². The summed E-state index contributed by atoms with van der Waals surface area (Å²) in [6, 6.07) is 16.9. The summed E-state index contributed by atoms with van der Waals surface area (Å²) in [4.78, 5) is 14.7. The Kier molecular flexibility index (Phi) is 4.41. The van der Waals surface area contributed by atoms with Crippen molar-refractivity contribution >= 4 is 11.7 Å². The normalized spacial score (nSPS) is 13.5. The summed E-state index contributed by atoms with van der Waals surface area (Å²) in [5.74, 6) is 0.136. The first-order valence-electron chi connectivity index (χ1n) is 8.62. The third-order valence-electron chi connectivity index (χ3n) is 4.66. The summed E-state index contributed by atoms with van der Waals surface area (Å²) >= 11 is 0. The molecule has 0 saturated heterocycles. The van der Waals surface area contributed by atoms with Crippen molar-refractivity contribution in [2.75, 3.05) is 11.9 Å². The molecule has 2 heterocycles. The van der Waals surface area contributed by atoms with Gasteiger partial charge in [0.25, 0.3) is 5.91 Å². The molecular formula is C20H20N4O2. The Morgan fingerprint density at radius 3 is 2.69 bits per heavy atom. The van der Waals surface area contributed by atoms with Crippen LogP contribution in [-0.2, 0) is 19.5 Å². The van der Waals surface area contributed by atoms with Gasteiger partial charge in [0.1, 0.15) is 5.75 Å². The number of carbonyl (C=O) groups excluding carboxylic acids is 1. The van der Waals surface area contributed by atoms with E-state index in [0.29, 0.717) is 5.82 Å². The summed E-state index contributed by atoms with van der Waals surface area (Å²) in [6.45, 7) is 2.48. The number of aromatic nitrogens is 2. The highest BCUT2D eigenvalue weighted by Gasteiger charge is 2.26. The van der Waals surface area contributed by atoms with Crippen LogP contribution in [0.1, 0.15) is 27.2 Å². The molecule has 0 atom stereocenters. The highest BCUT2D eigenvalue weighted by molar-refractivity contribution is 6.06. The zero-order valence-electron chi connectivity index (χ0n) is 14.3. The number of nitrogens with zero attached hydrogens (tertiary/aromatic N) is 2. The van der Waals surface area contributed by atoms with E-state index in [1.807, 2.05) is 6.07 Å². The van der Waals surface area contributed by atoms with Crippen LogP contribution < -0.4 is 5.32 Å². The minimum Gasteiger partial charge on any atom is -0.507 e. The number of aromatic amines is 1. The van der Waals surface area contributed by atoms with Gasteiger partial charge in [-0.25, -0.2) is 0 Å². The fourth-order valence-corrected chi connectivity index (χ4v) is 3.24. The third kappa shape index (κ3) is 3.32. The Balaban J connectivity index is 1.41. The highest BCUT2D eigenvalue weighted by Crippen LogP contribution is 2.28. The lowest BCUT2D eigenvalue weighted by Crippen LogP contribution is -2.20. The maximum atomic E-state index is 12.4. The van der Waals surface area contributed by atoms with E-state index in [1.54, 1.807) is 18.2 Å². The van der Waals surface area contributed by atoms with Crippen LogP contribution in [0.4, 0.5) is 5.82 Å². The van der Waals surface area contributed by atoms with Crippen molar-refractivity contribution in [1.82, 2.24) is 15.1 Å². The largest absolute Gasteiger partial charge is 0.507 e. The average molecular weight is 348 g/mol. The van der Waals surface area contributed by atoms with Gasteiger partial charge in [-0.2, -0.15) is 5.10 Å². The number of benzene rings is 2. The Bertz CT molecular complexity index is 921. The molecule has 6 heteroatoms. The number of amides is 1. The zero-order chi connectivity index (χ0) is 17.9. The van der Waals surface area contributed by atoms with Gasteiger partial charge < -0.3 is 10.4 Å². The monoisotopic (exact) mass is 348 g/mol. The number of phenols is 1.